The summed E-state index contributed by atoms with van der Waals surface area (Å²) in [5.41, 5.74) is 1.41. The molecule has 4 heteroatoms. The molecule has 1 heterocycles. The molecule has 0 saturated heterocycles. The minimum absolute atomic E-state index is 0.265. The van der Waals surface area contributed by atoms with Crippen molar-refractivity contribution in [3.8, 4) is 0 Å². The van der Waals surface area contributed by atoms with Crippen LogP contribution in [0.5, 0.6) is 0 Å². The predicted octanol–water partition coefficient (Wildman–Crippen LogP) is 2.43. The van der Waals surface area contributed by atoms with Crippen molar-refractivity contribution in [3.05, 3.63) is 11.4 Å². The van der Waals surface area contributed by atoms with E-state index in [0.29, 0.717) is 11.6 Å². The van der Waals surface area contributed by atoms with E-state index in [9.17, 15) is 4.79 Å². The average molecular weight is 209 g/mol. The molecule has 0 aliphatic rings. The van der Waals surface area contributed by atoms with E-state index in [1.807, 2.05) is 4.68 Å². The summed E-state index contributed by atoms with van der Waals surface area (Å²) in [6.07, 6.45) is 0.784. The van der Waals surface area contributed by atoms with E-state index in [-0.39, 0.29) is 12.0 Å². The molecule has 0 bridgehead atoms. The molecule has 84 valence electrons. The first-order chi connectivity index (χ1) is 6.99. The van der Waals surface area contributed by atoms with Crippen LogP contribution < -0.4 is 0 Å². The lowest BCUT2D eigenvalue weighted by molar-refractivity contribution is 0.111. The van der Waals surface area contributed by atoms with Gasteiger partial charge in [-0.1, -0.05) is 32.9 Å². The molecule has 1 rings (SSSR count). The van der Waals surface area contributed by atoms with E-state index in [1.165, 1.54) is 0 Å². The van der Waals surface area contributed by atoms with Gasteiger partial charge in [-0.3, -0.25) is 4.79 Å². The van der Waals surface area contributed by atoms with Gasteiger partial charge in [0.1, 0.15) is 5.69 Å². The lowest BCUT2D eigenvalue weighted by atomic mass is 10.0. The Balaban J connectivity index is 3.18. The number of hydrogen-bond donors (Lipinski definition) is 0. The second-order valence-electron chi connectivity index (χ2n) is 4.56. The van der Waals surface area contributed by atoms with E-state index < -0.39 is 0 Å². The van der Waals surface area contributed by atoms with E-state index >= 15 is 0 Å². The smallest absolute Gasteiger partial charge is 0.172 e. The molecule has 0 saturated carbocycles. The van der Waals surface area contributed by atoms with Crippen LogP contribution in [0.2, 0.25) is 0 Å². The van der Waals surface area contributed by atoms with Gasteiger partial charge >= 0.3 is 0 Å². The van der Waals surface area contributed by atoms with Gasteiger partial charge in [-0.25, -0.2) is 4.68 Å². The van der Waals surface area contributed by atoms with Crippen LogP contribution in [0.4, 0.5) is 0 Å². The van der Waals surface area contributed by atoms with Crippen molar-refractivity contribution < 1.29 is 4.79 Å². The third-order valence-electron chi connectivity index (χ3n) is 2.77. The largest absolute Gasteiger partial charge is 0.296 e. The van der Waals surface area contributed by atoms with Crippen LogP contribution in [0, 0.1) is 5.92 Å². The Morgan fingerprint density at radius 1 is 1.20 bits per heavy atom. The topological polar surface area (TPSA) is 47.8 Å². The van der Waals surface area contributed by atoms with Crippen LogP contribution in [0.25, 0.3) is 0 Å². The zero-order valence-electron chi connectivity index (χ0n) is 10.1. The van der Waals surface area contributed by atoms with Crippen molar-refractivity contribution in [1.29, 1.82) is 0 Å². The van der Waals surface area contributed by atoms with Gasteiger partial charge in [-0.05, 0) is 18.8 Å². The molecule has 0 amide bonds. The molecule has 0 aliphatic heterocycles. The number of aromatic nitrogens is 3. The zero-order valence-corrected chi connectivity index (χ0v) is 10.1. The number of carbonyl (C=O) groups is 1. The molecule has 1 aromatic heterocycles. The van der Waals surface area contributed by atoms with Gasteiger partial charge < -0.3 is 0 Å². The predicted molar refractivity (Wildman–Crippen MR) is 59.0 cm³/mol. The number of nitrogens with zero attached hydrogens (tertiary/aromatic N) is 3. The molecule has 1 unspecified atom stereocenters. The van der Waals surface area contributed by atoms with Gasteiger partial charge in [-0.15, -0.1) is 5.10 Å². The van der Waals surface area contributed by atoms with E-state index in [0.717, 1.165) is 12.0 Å². The van der Waals surface area contributed by atoms with Crippen molar-refractivity contribution in [1.82, 2.24) is 15.0 Å². The first-order valence-electron chi connectivity index (χ1n) is 5.39. The SMILES string of the molecule is CC(C)c1c(C=O)nnn1C(C)C(C)C. The van der Waals surface area contributed by atoms with Crippen LogP contribution >= 0.6 is 0 Å². The first kappa shape index (κ1) is 11.9. The fourth-order valence-electron chi connectivity index (χ4n) is 1.54. The Labute approximate surface area is 90.7 Å². The molecule has 1 aromatic rings. The summed E-state index contributed by atoms with van der Waals surface area (Å²) in [6, 6.07) is 0.267. The Kier molecular flexibility index (Phi) is 3.61. The van der Waals surface area contributed by atoms with Crippen molar-refractivity contribution in [2.75, 3.05) is 0 Å². The number of carbonyl (C=O) groups excluding carboxylic acids is 1. The highest BCUT2D eigenvalue weighted by Gasteiger charge is 2.20. The Bertz CT molecular complexity index is 342. The highest BCUT2D eigenvalue weighted by atomic mass is 16.1. The molecule has 0 spiro atoms. The molecule has 0 radical (unpaired) electrons. The van der Waals surface area contributed by atoms with Crippen LogP contribution in [-0.2, 0) is 0 Å². The molecule has 0 aromatic carbocycles. The number of hydrogen-bond acceptors (Lipinski definition) is 3. The van der Waals surface area contributed by atoms with Crippen molar-refractivity contribution in [2.45, 2.75) is 46.6 Å². The molecule has 0 aliphatic carbocycles. The Morgan fingerprint density at radius 2 is 1.80 bits per heavy atom. The minimum Gasteiger partial charge on any atom is -0.296 e. The highest BCUT2D eigenvalue weighted by molar-refractivity contribution is 5.73. The molecular weight excluding hydrogens is 190 g/mol. The minimum atomic E-state index is 0.265. The summed E-state index contributed by atoms with van der Waals surface area (Å²) in [4.78, 5) is 10.8. The standard InChI is InChI=1S/C11H19N3O/c1-7(2)9(5)14-11(8(3)4)10(6-15)12-13-14/h6-9H,1-5H3. The highest BCUT2D eigenvalue weighted by Crippen LogP contribution is 2.23. The van der Waals surface area contributed by atoms with E-state index in [4.69, 9.17) is 0 Å². The van der Waals surface area contributed by atoms with Gasteiger partial charge in [0.05, 0.1) is 11.7 Å². The van der Waals surface area contributed by atoms with Gasteiger partial charge in [0.15, 0.2) is 6.29 Å². The fourth-order valence-corrected chi connectivity index (χ4v) is 1.54. The maximum absolute atomic E-state index is 10.8. The summed E-state index contributed by atoms with van der Waals surface area (Å²) in [7, 11) is 0. The molecule has 15 heavy (non-hydrogen) atoms. The van der Waals surface area contributed by atoms with Crippen LogP contribution in [0.15, 0.2) is 0 Å². The van der Waals surface area contributed by atoms with Crippen molar-refractivity contribution in [2.24, 2.45) is 5.92 Å². The zero-order chi connectivity index (χ0) is 11.6. The van der Waals surface area contributed by atoms with E-state index in [1.54, 1.807) is 0 Å². The lowest BCUT2D eigenvalue weighted by Crippen LogP contribution is -2.17. The summed E-state index contributed by atoms with van der Waals surface area (Å²) in [6.45, 7) is 10.5. The molecular formula is C11H19N3O. The van der Waals surface area contributed by atoms with Gasteiger partial charge in [-0.2, -0.15) is 0 Å². The van der Waals surface area contributed by atoms with Crippen LogP contribution in [0.1, 0.15) is 62.8 Å². The van der Waals surface area contributed by atoms with Crippen molar-refractivity contribution in [3.63, 3.8) is 0 Å². The van der Waals surface area contributed by atoms with Crippen molar-refractivity contribution >= 4 is 6.29 Å². The third-order valence-corrected chi connectivity index (χ3v) is 2.77. The summed E-state index contributed by atoms with van der Waals surface area (Å²) in [5, 5.41) is 7.97. The maximum atomic E-state index is 10.8. The first-order valence-corrected chi connectivity index (χ1v) is 5.39. The molecule has 0 fully saturated rings. The molecule has 4 nitrogen and oxygen atoms in total. The second kappa shape index (κ2) is 4.55. The normalized spacial score (nSPS) is 13.5. The lowest BCUT2D eigenvalue weighted by Gasteiger charge is -2.19. The second-order valence-corrected chi connectivity index (χ2v) is 4.56. The Morgan fingerprint density at radius 3 is 2.20 bits per heavy atom. The Hall–Kier alpha value is -1.19. The summed E-state index contributed by atoms with van der Waals surface area (Å²) in [5.74, 6) is 0.741. The van der Waals surface area contributed by atoms with Gasteiger partial charge in [0.25, 0.3) is 0 Å². The third kappa shape index (κ3) is 2.25. The monoisotopic (exact) mass is 209 g/mol. The van der Waals surface area contributed by atoms with Gasteiger partial charge in [0, 0.05) is 0 Å². The number of aldehydes is 1. The number of rotatable bonds is 4. The quantitative estimate of drug-likeness (QED) is 0.715. The fraction of sp³-hybridized carbons (Fsp3) is 0.727. The van der Waals surface area contributed by atoms with E-state index in [2.05, 4.69) is 44.9 Å². The summed E-state index contributed by atoms with van der Waals surface area (Å²) < 4.78 is 1.87. The van der Waals surface area contributed by atoms with Gasteiger partial charge in [0.2, 0.25) is 0 Å². The molecule has 1 atom stereocenters. The summed E-state index contributed by atoms with van der Waals surface area (Å²) >= 11 is 0. The van der Waals surface area contributed by atoms with Crippen LogP contribution in [-0.4, -0.2) is 21.3 Å². The maximum Gasteiger partial charge on any atom is 0.172 e. The average Bonchev–Trinajstić information content (AvgIpc) is 2.59. The van der Waals surface area contributed by atoms with Crippen LogP contribution in [0.3, 0.4) is 0 Å². The molecule has 0 N–H and O–H groups in total.